The van der Waals surface area contributed by atoms with Crippen LogP contribution in [0.2, 0.25) is 5.02 Å². The molecule has 0 spiro atoms. The predicted molar refractivity (Wildman–Crippen MR) is 112 cm³/mol. The number of halogens is 2. The van der Waals surface area contributed by atoms with Crippen molar-refractivity contribution in [1.82, 2.24) is 24.2 Å². The number of rotatable bonds is 2. The van der Waals surface area contributed by atoms with E-state index in [0.29, 0.717) is 21.6 Å². The van der Waals surface area contributed by atoms with E-state index < -0.39 is 0 Å². The van der Waals surface area contributed by atoms with E-state index in [9.17, 15) is 9.59 Å². The topological polar surface area (TPSA) is 73.0 Å². The Hall–Kier alpha value is -2.90. The lowest BCUT2D eigenvalue weighted by atomic mass is 10.1. The number of pyridine rings is 1. The third-order valence-electron chi connectivity index (χ3n) is 4.49. The Labute approximate surface area is 171 Å². The molecule has 0 unspecified atom stereocenters. The molecule has 0 fully saturated rings. The molecule has 28 heavy (non-hydrogen) atoms. The van der Waals surface area contributed by atoms with Crippen LogP contribution in [0.3, 0.4) is 0 Å². The first kappa shape index (κ1) is 19.9. The Kier molecular flexibility index (Phi) is 5.14. The minimum absolute atomic E-state index is 0. The van der Waals surface area contributed by atoms with Gasteiger partial charge in [-0.05, 0) is 24.3 Å². The van der Waals surface area contributed by atoms with E-state index in [4.69, 9.17) is 11.6 Å². The summed E-state index contributed by atoms with van der Waals surface area (Å²) < 4.78 is 2.96. The first-order valence-electron chi connectivity index (χ1n) is 8.23. The first-order chi connectivity index (χ1) is 12.9. The van der Waals surface area contributed by atoms with Crippen molar-refractivity contribution in [3.8, 4) is 5.69 Å². The van der Waals surface area contributed by atoms with Crippen molar-refractivity contribution in [3.05, 3.63) is 63.8 Å². The third-order valence-corrected chi connectivity index (χ3v) is 4.73. The van der Waals surface area contributed by atoms with Gasteiger partial charge in [0, 0.05) is 43.1 Å². The van der Waals surface area contributed by atoms with E-state index >= 15 is 0 Å². The summed E-state index contributed by atoms with van der Waals surface area (Å²) in [6.45, 7) is 0. The molecule has 4 rings (SSSR count). The molecular weight excluding hydrogens is 401 g/mol. The zero-order valence-electron chi connectivity index (χ0n) is 15.4. The van der Waals surface area contributed by atoms with Crippen molar-refractivity contribution in [3.63, 3.8) is 0 Å². The molecule has 0 saturated carbocycles. The van der Waals surface area contributed by atoms with Gasteiger partial charge in [-0.1, -0.05) is 17.7 Å². The number of aryl methyl sites for hydroxylation is 1. The lowest BCUT2D eigenvalue weighted by Crippen LogP contribution is -2.29. The smallest absolute Gasteiger partial charge is 0.296 e. The number of aromatic nitrogens is 4. The largest absolute Gasteiger partial charge is 0.343 e. The predicted octanol–water partition coefficient (Wildman–Crippen LogP) is 3.05. The maximum Gasteiger partial charge on any atom is 0.296 e. The van der Waals surface area contributed by atoms with Crippen LogP contribution in [0.4, 0.5) is 0 Å². The Morgan fingerprint density at radius 2 is 1.96 bits per heavy atom. The second-order valence-electron chi connectivity index (χ2n) is 6.42. The van der Waals surface area contributed by atoms with Gasteiger partial charge in [0.2, 0.25) is 0 Å². The monoisotopic (exact) mass is 417 g/mol. The van der Waals surface area contributed by atoms with Gasteiger partial charge in [-0.25, -0.2) is 0 Å². The molecule has 0 aliphatic heterocycles. The molecule has 0 atom stereocenters. The molecular formula is C19H17Cl2N5O2. The maximum absolute atomic E-state index is 13.2. The Morgan fingerprint density at radius 3 is 2.61 bits per heavy atom. The molecule has 0 aliphatic rings. The van der Waals surface area contributed by atoms with Gasteiger partial charge < -0.3 is 9.47 Å². The van der Waals surface area contributed by atoms with E-state index in [1.807, 2.05) is 6.07 Å². The first-order valence-corrected chi connectivity index (χ1v) is 8.61. The second-order valence-corrected chi connectivity index (χ2v) is 6.86. The van der Waals surface area contributed by atoms with Gasteiger partial charge in [-0.3, -0.25) is 14.6 Å². The SMILES string of the molecule is CN(C)C(=O)c1nn(-c2cccnc2)c(=O)c2c1c1ccc(Cl)cc1n2C.Cl. The summed E-state index contributed by atoms with van der Waals surface area (Å²) in [5.41, 5.74) is 1.50. The molecule has 1 aromatic carbocycles. The summed E-state index contributed by atoms with van der Waals surface area (Å²) in [4.78, 5) is 31.6. The molecule has 7 nitrogen and oxygen atoms in total. The highest BCUT2D eigenvalue weighted by atomic mass is 35.5. The average molecular weight is 418 g/mol. The molecule has 0 N–H and O–H groups in total. The number of benzene rings is 1. The zero-order valence-corrected chi connectivity index (χ0v) is 17.0. The van der Waals surface area contributed by atoms with Gasteiger partial charge in [0.25, 0.3) is 11.5 Å². The van der Waals surface area contributed by atoms with Gasteiger partial charge in [-0.2, -0.15) is 9.78 Å². The highest BCUT2D eigenvalue weighted by molar-refractivity contribution is 6.31. The molecule has 0 radical (unpaired) electrons. The summed E-state index contributed by atoms with van der Waals surface area (Å²) in [7, 11) is 5.08. The molecule has 3 aromatic heterocycles. The van der Waals surface area contributed by atoms with Crippen molar-refractivity contribution in [2.24, 2.45) is 7.05 Å². The number of hydrogen-bond acceptors (Lipinski definition) is 4. The maximum atomic E-state index is 13.2. The quantitative estimate of drug-likeness (QED) is 0.502. The summed E-state index contributed by atoms with van der Waals surface area (Å²) in [6, 6.07) is 8.75. The minimum atomic E-state index is -0.330. The standard InChI is InChI=1S/C19H16ClN5O2.ClH/c1-23(2)18(26)16-15-13-7-6-11(20)9-14(13)24(3)17(15)19(27)25(22-16)12-5-4-8-21-10-12;/h4-10H,1-3H3;1H. The van der Waals surface area contributed by atoms with Crippen LogP contribution in [0.5, 0.6) is 0 Å². The average Bonchev–Trinajstić information content (AvgIpc) is 2.95. The molecule has 0 saturated heterocycles. The second kappa shape index (κ2) is 7.26. The molecule has 9 heteroatoms. The van der Waals surface area contributed by atoms with Crippen LogP contribution in [0.25, 0.3) is 27.5 Å². The Bertz CT molecular complexity index is 1260. The van der Waals surface area contributed by atoms with Gasteiger partial charge in [0.05, 0.1) is 17.4 Å². The van der Waals surface area contributed by atoms with E-state index in [1.165, 1.54) is 15.8 Å². The van der Waals surface area contributed by atoms with E-state index in [1.54, 1.807) is 56.2 Å². The van der Waals surface area contributed by atoms with Gasteiger partial charge >= 0.3 is 0 Å². The number of amides is 1. The van der Waals surface area contributed by atoms with Crippen molar-refractivity contribution in [2.45, 2.75) is 0 Å². The van der Waals surface area contributed by atoms with E-state index in [2.05, 4.69) is 10.1 Å². The van der Waals surface area contributed by atoms with Crippen molar-refractivity contribution in [2.75, 3.05) is 14.1 Å². The Morgan fingerprint density at radius 1 is 1.21 bits per heavy atom. The van der Waals surface area contributed by atoms with Crippen molar-refractivity contribution in [1.29, 1.82) is 0 Å². The van der Waals surface area contributed by atoms with Crippen LogP contribution in [-0.4, -0.2) is 44.2 Å². The van der Waals surface area contributed by atoms with Gasteiger partial charge in [-0.15, -0.1) is 12.4 Å². The van der Waals surface area contributed by atoms with E-state index in [0.717, 1.165) is 10.9 Å². The highest BCUT2D eigenvalue weighted by Gasteiger charge is 2.24. The van der Waals surface area contributed by atoms with Crippen LogP contribution in [0.15, 0.2) is 47.5 Å². The Balaban J connectivity index is 0.00000225. The molecule has 3 heterocycles. The highest BCUT2D eigenvalue weighted by Crippen LogP contribution is 2.30. The lowest BCUT2D eigenvalue weighted by Gasteiger charge is -2.13. The normalized spacial score (nSPS) is 10.9. The molecule has 0 bridgehead atoms. The number of hydrogen-bond donors (Lipinski definition) is 0. The van der Waals surface area contributed by atoms with Gasteiger partial charge in [0.15, 0.2) is 5.69 Å². The summed E-state index contributed by atoms with van der Waals surface area (Å²) >= 11 is 6.14. The summed E-state index contributed by atoms with van der Waals surface area (Å²) in [5.74, 6) is -0.292. The summed E-state index contributed by atoms with van der Waals surface area (Å²) in [5, 5.41) is 6.23. The molecule has 144 valence electrons. The minimum Gasteiger partial charge on any atom is -0.343 e. The van der Waals surface area contributed by atoms with Crippen LogP contribution < -0.4 is 5.56 Å². The fourth-order valence-corrected chi connectivity index (χ4v) is 3.38. The van der Waals surface area contributed by atoms with E-state index in [-0.39, 0.29) is 29.6 Å². The number of carbonyl (C=O) groups excluding carboxylic acids is 1. The lowest BCUT2D eigenvalue weighted by molar-refractivity contribution is 0.0822. The van der Waals surface area contributed by atoms with Gasteiger partial charge in [0.1, 0.15) is 5.52 Å². The van der Waals surface area contributed by atoms with Crippen LogP contribution >= 0.6 is 24.0 Å². The fourth-order valence-electron chi connectivity index (χ4n) is 3.21. The fraction of sp³-hybridized carbons (Fsp3) is 0.158. The number of carbonyl (C=O) groups is 1. The number of fused-ring (bicyclic) bond motifs is 3. The van der Waals surface area contributed by atoms with Crippen molar-refractivity contribution < 1.29 is 4.79 Å². The third kappa shape index (κ3) is 2.93. The molecule has 0 aliphatic carbocycles. The van der Waals surface area contributed by atoms with Crippen LogP contribution in [-0.2, 0) is 7.05 Å². The number of nitrogens with zero attached hydrogens (tertiary/aromatic N) is 5. The van der Waals surface area contributed by atoms with Crippen LogP contribution in [0.1, 0.15) is 10.5 Å². The zero-order chi connectivity index (χ0) is 19.3. The van der Waals surface area contributed by atoms with Crippen molar-refractivity contribution >= 4 is 51.7 Å². The summed E-state index contributed by atoms with van der Waals surface area (Å²) in [6.07, 6.45) is 3.14. The molecule has 1 amide bonds. The van der Waals surface area contributed by atoms with Crippen LogP contribution in [0, 0.1) is 0 Å². The molecule has 4 aromatic rings.